The van der Waals surface area contributed by atoms with E-state index in [1.165, 1.54) is 56.1 Å². The fourth-order valence-corrected chi connectivity index (χ4v) is 3.82. The Morgan fingerprint density at radius 3 is 2.32 bits per heavy atom. The summed E-state index contributed by atoms with van der Waals surface area (Å²) in [6.45, 7) is 3.97. The number of halogens is 2. The van der Waals surface area contributed by atoms with E-state index in [9.17, 15) is 8.78 Å². The molecule has 0 spiro atoms. The molecular formula is C24H28F2O2. The van der Waals surface area contributed by atoms with Crippen molar-refractivity contribution in [1.29, 1.82) is 0 Å². The van der Waals surface area contributed by atoms with Gasteiger partial charge in [0, 0.05) is 5.56 Å². The third kappa shape index (κ3) is 4.92. The minimum atomic E-state index is -1.00. The average molecular weight is 386 g/mol. The van der Waals surface area contributed by atoms with E-state index in [0.29, 0.717) is 11.7 Å². The molecule has 0 N–H and O–H groups in total. The lowest BCUT2D eigenvalue weighted by atomic mass is 9.78. The third-order valence-electron chi connectivity index (χ3n) is 5.63. The maximum absolute atomic E-state index is 14.2. The van der Waals surface area contributed by atoms with Crippen LogP contribution in [0.1, 0.15) is 63.0 Å². The summed E-state index contributed by atoms with van der Waals surface area (Å²) in [7, 11) is 0. The summed E-state index contributed by atoms with van der Waals surface area (Å²) in [5, 5.41) is 0. The number of benzene rings is 2. The molecule has 0 bridgehead atoms. The minimum Gasteiger partial charge on any atom is -0.489 e. The molecule has 1 aliphatic rings. The van der Waals surface area contributed by atoms with Crippen molar-refractivity contribution in [2.45, 2.75) is 58.5 Å². The zero-order valence-corrected chi connectivity index (χ0v) is 16.6. The van der Waals surface area contributed by atoms with Gasteiger partial charge in [0.25, 0.3) is 0 Å². The highest BCUT2D eigenvalue weighted by atomic mass is 19.2. The Labute approximate surface area is 166 Å². The molecule has 2 aromatic carbocycles. The normalized spacial score (nSPS) is 19.7. The lowest BCUT2D eigenvalue weighted by molar-refractivity contribution is 0.295. The molecule has 0 aromatic heterocycles. The summed E-state index contributed by atoms with van der Waals surface area (Å²) in [5.41, 5.74) is 1.50. The summed E-state index contributed by atoms with van der Waals surface area (Å²) in [6.07, 6.45) is 9.28. The molecule has 28 heavy (non-hydrogen) atoms. The summed E-state index contributed by atoms with van der Waals surface area (Å²) in [5.74, 6) is 0.0714. The Kier molecular flexibility index (Phi) is 7.07. The smallest absolute Gasteiger partial charge is 0.201 e. The second kappa shape index (κ2) is 9.72. The quantitative estimate of drug-likeness (QED) is 0.471. The average Bonchev–Trinajstić information content (AvgIpc) is 2.74. The lowest BCUT2D eigenvalue weighted by Crippen LogP contribution is -2.12. The van der Waals surface area contributed by atoms with Crippen LogP contribution in [0.15, 0.2) is 48.7 Å². The molecule has 0 aliphatic heterocycles. The highest BCUT2D eigenvalue weighted by Gasteiger charge is 2.21. The van der Waals surface area contributed by atoms with Gasteiger partial charge < -0.3 is 9.47 Å². The molecule has 1 fully saturated rings. The first-order valence-electron chi connectivity index (χ1n) is 10.1. The van der Waals surface area contributed by atoms with E-state index >= 15 is 0 Å². The van der Waals surface area contributed by atoms with Crippen LogP contribution in [-0.4, -0.2) is 0 Å². The second-order valence-electron chi connectivity index (χ2n) is 7.42. The highest BCUT2D eigenvalue weighted by Crippen LogP contribution is 2.37. The minimum absolute atomic E-state index is 0.0341. The predicted octanol–water partition coefficient (Wildman–Crippen LogP) is 7.14. The molecule has 150 valence electrons. The lowest BCUT2D eigenvalue weighted by Gasteiger charge is -2.28. The molecule has 0 saturated heterocycles. The predicted molar refractivity (Wildman–Crippen MR) is 108 cm³/mol. The first kappa shape index (κ1) is 20.4. The van der Waals surface area contributed by atoms with Crippen LogP contribution in [0.2, 0.25) is 0 Å². The van der Waals surface area contributed by atoms with Crippen molar-refractivity contribution in [2.75, 3.05) is 0 Å². The molecular weight excluding hydrogens is 358 g/mol. The summed E-state index contributed by atoms with van der Waals surface area (Å²) < 4.78 is 38.9. The fraction of sp³-hybridized carbons (Fsp3) is 0.417. The summed E-state index contributed by atoms with van der Waals surface area (Å²) in [4.78, 5) is 0. The van der Waals surface area contributed by atoms with Crippen molar-refractivity contribution in [1.82, 2.24) is 0 Å². The molecule has 0 amide bonds. The largest absolute Gasteiger partial charge is 0.489 e. The van der Waals surface area contributed by atoms with Crippen molar-refractivity contribution in [3.8, 4) is 11.5 Å². The van der Waals surface area contributed by atoms with Gasteiger partial charge >= 0.3 is 0 Å². The Bertz CT molecular complexity index is 791. The summed E-state index contributed by atoms with van der Waals surface area (Å²) >= 11 is 0. The maximum atomic E-state index is 14.2. The van der Waals surface area contributed by atoms with Crippen LogP contribution in [0, 0.1) is 17.6 Å². The standard InChI is InChI=1S/C24H28F2O2/c1-3-15-27-22-14-11-20(23(25)24(22)26)16-28-21-12-9-19(10-13-21)18-7-5-17(4-2)6-8-18/h3,9-15,17-18H,4-8,16H2,1-2H3/b15-3+. The number of hydrogen-bond acceptors (Lipinski definition) is 2. The van der Waals surface area contributed by atoms with Crippen LogP contribution < -0.4 is 9.47 Å². The summed E-state index contributed by atoms with van der Waals surface area (Å²) in [6, 6.07) is 10.9. The molecule has 2 aromatic rings. The molecule has 1 aliphatic carbocycles. The van der Waals surface area contributed by atoms with Gasteiger partial charge in [-0.25, -0.2) is 4.39 Å². The van der Waals surface area contributed by atoms with Crippen molar-refractivity contribution >= 4 is 0 Å². The van der Waals surface area contributed by atoms with Crippen molar-refractivity contribution in [3.05, 3.63) is 71.5 Å². The van der Waals surface area contributed by atoms with Gasteiger partial charge in [0.15, 0.2) is 11.6 Å². The van der Waals surface area contributed by atoms with Crippen LogP contribution in [-0.2, 0) is 6.61 Å². The molecule has 0 atom stereocenters. The number of hydrogen-bond donors (Lipinski definition) is 0. The van der Waals surface area contributed by atoms with Gasteiger partial charge in [0.2, 0.25) is 5.82 Å². The van der Waals surface area contributed by atoms with Gasteiger partial charge in [0.05, 0.1) is 6.26 Å². The van der Waals surface area contributed by atoms with Gasteiger partial charge in [-0.05, 0) is 74.3 Å². The van der Waals surface area contributed by atoms with E-state index in [0.717, 1.165) is 5.92 Å². The molecule has 0 radical (unpaired) electrons. The van der Waals surface area contributed by atoms with E-state index in [1.807, 2.05) is 12.1 Å². The molecule has 3 rings (SSSR count). The SMILES string of the molecule is C/C=C/Oc1ccc(COc2ccc(C3CCC(CC)CC3)cc2)c(F)c1F. The Morgan fingerprint density at radius 2 is 1.68 bits per heavy atom. The fourth-order valence-electron chi connectivity index (χ4n) is 3.82. The van der Waals surface area contributed by atoms with E-state index in [2.05, 4.69) is 19.1 Å². The zero-order chi connectivity index (χ0) is 19.9. The molecule has 0 heterocycles. The van der Waals surface area contributed by atoms with Gasteiger partial charge in [-0.2, -0.15) is 4.39 Å². The van der Waals surface area contributed by atoms with Gasteiger partial charge in [0.1, 0.15) is 12.4 Å². The first-order chi connectivity index (χ1) is 13.6. The second-order valence-corrected chi connectivity index (χ2v) is 7.42. The van der Waals surface area contributed by atoms with E-state index in [1.54, 1.807) is 13.0 Å². The molecule has 2 nitrogen and oxygen atoms in total. The number of ether oxygens (including phenoxy) is 2. The number of allylic oxidation sites excluding steroid dienone is 1. The van der Waals surface area contributed by atoms with Crippen LogP contribution in [0.25, 0.3) is 0 Å². The van der Waals surface area contributed by atoms with Crippen LogP contribution in [0.3, 0.4) is 0 Å². The number of rotatable bonds is 7. The first-order valence-corrected chi connectivity index (χ1v) is 10.1. The van der Waals surface area contributed by atoms with Crippen molar-refractivity contribution in [2.24, 2.45) is 5.92 Å². The van der Waals surface area contributed by atoms with Crippen LogP contribution in [0.4, 0.5) is 8.78 Å². The monoisotopic (exact) mass is 386 g/mol. The molecule has 0 unspecified atom stereocenters. The van der Waals surface area contributed by atoms with E-state index in [-0.39, 0.29) is 17.9 Å². The van der Waals surface area contributed by atoms with Gasteiger partial charge in [-0.3, -0.25) is 0 Å². The van der Waals surface area contributed by atoms with E-state index < -0.39 is 11.6 Å². The van der Waals surface area contributed by atoms with Crippen molar-refractivity contribution in [3.63, 3.8) is 0 Å². The Hall–Kier alpha value is -2.36. The Morgan fingerprint density at radius 1 is 0.964 bits per heavy atom. The van der Waals surface area contributed by atoms with Crippen LogP contribution in [0.5, 0.6) is 11.5 Å². The van der Waals surface area contributed by atoms with Gasteiger partial charge in [-0.15, -0.1) is 0 Å². The molecule has 1 saturated carbocycles. The maximum Gasteiger partial charge on any atom is 0.201 e. The zero-order valence-electron chi connectivity index (χ0n) is 16.6. The third-order valence-corrected chi connectivity index (χ3v) is 5.63. The molecule has 4 heteroatoms. The van der Waals surface area contributed by atoms with E-state index in [4.69, 9.17) is 9.47 Å². The van der Waals surface area contributed by atoms with Gasteiger partial charge in [-0.1, -0.05) is 31.6 Å². The highest BCUT2D eigenvalue weighted by molar-refractivity contribution is 5.33. The Balaban J connectivity index is 1.59. The van der Waals surface area contributed by atoms with Crippen molar-refractivity contribution < 1.29 is 18.3 Å². The topological polar surface area (TPSA) is 18.5 Å². The van der Waals surface area contributed by atoms with Crippen LogP contribution >= 0.6 is 0 Å².